The summed E-state index contributed by atoms with van der Waals surface area (Å²) in [4.78, 5) is 24.1. The third-order valence-electron chi connectivity index (χ3n) is 2.56. The second-order valence-corrected chi connectivity index (χ2v) is 4.03. The van der Waals surface area contributed by atoms with Crippen molar-refractivity contribution in [3.05, 3.63) is 12.4 Å². The standard InChI is InChI=1S/C12H20N4O4/c1-3-15(5-6-20-4-2)12(19)14-10-7-13-16(8-10)9-11(17)18/h7-8H,3-6,9H2,1-2H3,(H,14,19)(H,17,18). The van der Waals surface area contributed by atoms with E-state index in [1.807, 2.05) is 13.8 Å². The molecule has 1 aromatic heterocycles. The van der Waals surface area contributed by atoms with Gasteiger partial charge >= 0.3 is 12.0 Å². The minimum Gasteiger partial charge on any atom is -0.480 e. The molecule has 1 rings (SSSR count). The number of ether oxygens (including phenoxy) is 1. The number of carboxylic acid groups (broad SMARTS) is 1. The van der Waals surface area contributed by atoms with Gasteiger partial charge in [-0.15, -0.1) is 0 Å². The fraction of sp³-hybridized carbons (Fsp3) is 0.583. The van der Waals surface area contributed by atoms with Crippen LogP contribution in [0.4, 0.5) is 10.5 Å². The molecule has 2 N–H and O–H groups in total. The maximum Gasteiger partial charge on any atom is 0.325 e. The van der Waals surface area contributed by atoms with E-state index in [-0.39, 0.29) is 12.6 Å². The van der Waals surface area contributed by atoms with Gasteiger partial charge in [-0.1, -0.05) is 0 Å². The van der Waals surface area contributed by atoms with E-state index in [2.05, 4.69) is 10.4 Å². The lowest BCUT2D eigenvalue weighted by atomic mass is 10.5. The summed E-state index contributed by atoms with van der Waals surface area (Å²) in [6.07, 6.45) is 2.89. The van der Waals surface area contributed by atoms with Gasteiger partial charge in [0.25, 0.3) is 0 Å². The number of nitrogens with one attached hydrogen (secondary N) is 1. The highest BCUT2D eigenvalue weighted by Gasteiger charge is 2.12. The zero-order valence-corrected chi connectivity index (χ0v) is 11.7. The van der Waals surface area contributed by atoms with E-state index in [9.17, 15) is 9.59 Å². The van der Waals surface area contributed by atoms with Gasteiger partial charge in [0.05, 0.1) is 18.5 Å². The number of aliphatic carboxylic acids is 1. The Kier molecular flexibility index (Phi) is 6.51. The summed E-state index contributed by atoms with van der Waals surface area (Å²) < 4.78 is 6.46. The average Bonchev–Trinajstić information content (AvgIpc) is 2.81. The van der Waals surface area contributed by atoms with Crippen molar-refractivity contribution in [1.29, 1.82) is 0 Å². The van der Waals surface area contributed by atoms with Crippen LogP contribution in [0.1, 0.15) is 13.8 Å². The first-order chi connectivity index (χ1) is 9.56. The lowest BCUT2D eigenvalue weighted by molar-refractivity contribution is -0.137. The smallest absolute Gasteiger partial charge is 0.325 e. The number of amides is 2. The summed E-state index contributed by atoms with van der Waals surface area (Å²) in [6, 6.07) is -0.262. The second kappa shape index (κ2) is 8.16. The Bertz CT molecular complexity index is 446. The third-order valence-corrected chi connectivity index (χ3v) is 2.56. The average molecular weight is 284 g/mol. The molecule has 0 unspecified atom stereocenters. The zero-order chi connectivity index (χ0) is 15.0. The van der Waals surface area contributed by atoms with Gasteiger partial charge in [0, 0.05) is 25.9 Å². The van der Waals surface area contributed by atoms with Crippen molar-refractivity contribution in [3.8, 4) is 0 Å². The molecule has 1 heterocycles. The molecule has 8 nitrogen and oxygen atoms in total. The van der Waals surface area contributed by atoms with E-state index in [4.69, 9.17) is 9.84 Å². The highest BCUT2D eigenvalue weighted by atomic mass is 16.5. The van der Waals surface area contributed by atoms with Crippen LogP contribution in [0.3, 0.4) is 0 Å². The summed E-state index contributed by atoms with van der Waals surface area (Å²) in [5.41, 5.74) is 0.464. The van der Waals surface area contributed by atoms with E-state index in [0.717, 1.165) is 0 Å². The van der Waals surface area contributed by atoms with Crippen LogP contribution < -0.4 is 5.32 Å². The lowest BCUT2D eigenvalue weighted by Gasteiger charge is -2.20. The largest absolute Gasteiger partial charge is 0.480 e. The van der Waals surface area contributed by atoms with Crippen molar-refractivity contribution in [1.82, 2.24) is 14.7 Å². The van der Waals surface area contributed by atoms with Crippen molar-refractivity contribution in [3.63, 3.8) is 0 Å². The van der Waals surface area contributed by atoms with E-state index in [0.29, 0.717) is 32.0 Å². The first-order valence-electron chi connectivity index (χ1n) is 6.44. The monoisotopic (exact) mass is 284 g/mol. The fourth-order valence-electron chi connectivity index (χ4n) is 1.58. The Labute approximate surface area is 117 Å². The molecule has 0 aliphatic rings. The Hall–Kier alpha value is -2.09. The Morgan fingerprint density at radius 3 is 2.85 bits per heavy atom. The molecule has 2 amide bonds. The predicted molar refractivity (Wildman–Crippen MR) is 72.6 cm³/mol. The fourth-order valence-corrected chi connectivity index (χ4v) is 1.58. The molecule has 0 aliphatic heterocycles. The SMILES string of the molecule is CCOCCN(CC)C(=O)Nc1cnn(CC(=O)O)c1. The summed E-state index contributed by atoms with van der Waals surface area (Å²) >= 11 is 0. The van der Waals surface area contributed by atoms with Gasteiger partial charge in [-0.2, -0.15) is 5.10 Å². The van der Waals surface area contributed by atoms with Crippen LogP contribution in [0.2, 0.25) is 0 Å². The molecule has 1 aromatic rings. The van der Waals surface area contributed by atoms with Crippen LogP contribution in [0.15, 0.2) is 12.4 Å². The number of nitrogens with zero attached hydrogens (tertiary/aromatic N) is 3. The topological polar surface area (TPSA) is 96.7 Å². The maximum absolute atomic E-state index is 12.0. The van der Waals surface area contributed by atoms with Crippen LogP contribution in [0.5, 0.6) is 0 Å². The van der Waals surface area contributed by atoms with Crippen LogP contribution in [0.25, 0.3) is 0 Å². The maximum atomic E-state index is 12.0. The van der Waals surface area contributed by atoms with Crippen molar-refractivity contribution in [2.45, 2.75) is 20.4 Å². The number of carboxylic acids is 1. The Morgan fingerprint density at radius 1 is 1.50 bits per heavy atom. The third kappa shape index (κ3) is 5.27. The van der Waals surface area contributed by atoms with Crippen LogP contribution >= 0.6 is 0 Å². The van der Waals surface area contributed by atoms with Gasteiger partial charge in [0.15, 0.2) is 0 Å². The van der Waals surface area contributed by atoms with Crippen LogP contribution in [0, 0.1) is 0 Å². The highest BCUT2D eigenvalue weighted by Crippen LogP contribution is 2.06. The Morgan fingerprint density at radius 2 is 2.25 bits per heavy atom. The minimum atomic E-state index is -0.988. The number of aromatic nitrogens is 2. The van der Waals surface area contributed by atoms with E-state index < -0.39 is 5.97 Å². The summed E-state index contributed by atoms with van der Waals surface area (Å²) in [5, 5.41) is 15.2. The first-order valence-corrected chi connectivity index (χ1v) is 6.44. The molecule has 112 valence electrons. The van der Waals surface area contributed by atoms with Crippen molar-refractivity contribution < 1.29 is 19.4 Å². The van der Waals surface area contributed by atoms with Crippen molar-refractivity contribution >= 4 is 17.7 Å². The van der Waals surface area contributed by atoms with Gasteiger partial charge < -0.3 is 20.1 Å². The van der Waals surface area contributed by atoms with Gasteiger partial charge in [-0.3, -0.25) is 9.48 Å². The lowest BCUT2D eigenvalue weighted by Crippen LogP contribution is -2.37. The first kappa shape index (κ1) is 16.0. The number of hydrogen-bond donors (Lipinski definition) is 2. The number of anilines is 1. The molecule has 0 saturated carbocycles. The molecule has 8 heteroatoms. The molecule has 0 bridgehead atoms. The molecule has 0 spiro atoms. The summed E-state index contributed by atoms with van der Waals surface area (Å²) in [5.74, 6) is -0.988. The van der Waals surface area contributed by atoms with Gasteiger partial charge in [-0.25, -0.2) is 4.79 Å². The number of likely N-dealkylation sites (N-methyl/N-ethyl adjacent to an activating group) is 1. The Balaban J connectivity index is 2.50. The van der Waals surface area contributed by atoms with E-state index in [1.54, 1.807) is 4.90 Å². The number of rotatable bonds is 8. The molecule has 20 heavy (non-hydrogen) atoms. The van der Waals surface area contributed by atoms with E-state index >= 15 is 0 Å². The summed E-state index contributed by atoms with van der Waals surface area (Å²) in [7, 11) is 0. The van der Waals surface area contributed by atoms with Crippen molar-refractivity contribution in [2.24, 2.45) is 0 Å². The van der Waals surface area contributed by atoms with Crippen LogP contribution in [-0.2, 0) is 16.1 Å². The minimum absolute atomic E-state index is 0.238. The van der Waals surface area contributed by atoms with Crippen molar-refractivity contribution in [2.75, 3.05) is 31.6 Å². The summed E-state index contributed by atoms with van der Waals surface area (Å²) in [6.45, 7) is 5.68. The molecule has 0 saturated heterocycles. The highest BCUT2D eigenvalue weighted by molar-refractivity contribution is 5.89. The second-order valence-electron chi connectivity index (χ2n) is 4.03. The molecule has 0 atom stereocenters. The number of hydrogen-bond acceptors (Lipinski definition) is 4. The molecule has 0 fully saturated rings. The molecule has 0 radical (unpaired) electrons. The van der Waals surface area contributed by atoms with Gasteiger partial charge in [-0.05, 0) is 13.8 Å². The molecule has 0 aliphatic carbocycles. The predicted octanol–water partition coefficient (Wildman–Crippen LogP) is 0.858. The van der Waals surface area contributed by atoms with E-state index in [1.165, 1.54) is 17.1 Å². The van der Waals surface area contributed by atoms with Gasteiger partial charge in [0.1, 0.15) is 6.54 Å². The zero-order valence-electron chi connectivity index (χ0n) is 11.7. The molecular formula is C12H20N4O4. The van der Waals surface area contributed by atoms with Crippen LogP contribution in [-0.4, -0.2) is 58.1 Å². The number of carbonyl (C=O) groups is 2. The quantitative estimate of drug-likeness (QED) is 0.690. The normalized spacial score (nSPS) is 10.3. The van der Waals surface area contributed by atoms with Gasteiger partial charge in [0.2, 0.25) is 0 Å². The molecule has 0 aromatic carbocycles. The number of urea groups is 1. The molecular weight excluding hydrogens is 264 g/mol. The number of carbonyl (C=O) groups excluding carboxylic acids is 1.